The Morgan fingerprint density at radius 1 is 0.870 bits per heavy atom. The first kappa shape index (κ1) is 15.5. The molecule has 0 unspecified atom stereocenters. The van der Waals surface area contributed by atoms with E-state index in [0.29, 0.717) is 13.0 Å². The Morgan fingerprint density at radius 2 is 1.48 bits per heavy atom. The average molecular weight is 321 g/mol. The van der Waals surface area contributed by atoms with Gasteiger partial charge in [-0.25, -0.2) is 0 Å². The fourth-order valence-electron chi connectivity index (χ4n) is 2.66. The molecule has 0 aliphatic carbocycles. The van der Waals surface area contributed by atoms with Crippen molar-refractivity contribution in [2.45, 2.75) is 18.9 Å². The molecule has 0 atom stereocenters. The van der Waals surface area contributed by atoms with Gasteiger partial charge in [-0.05, 0) is 22.6 Å². The summed E-state index contributed by atoms with van der Waals surface area (Å²) >= 11 is 1.66. The minimum absolute atomic E-state index is 0.0797. The van der Waals surface area contributed by atoms with Gasteiger partial charge in [0.25, 0.3) is 0 Å². The van der Waals surface area contributed by atoms with Crippen LogP contribution >= 0.6 is 11.3 Å². The number of rotatable bonds is 6. The van der Waals surface area contributed by atoms with Gasteiger partial charge in [0, 0.05) is 17.2 Å². The van der Waals surface area contributed by atoms with Gasteiger partial charge in [0.15, 0.2) is 0 Å². The minimum atomic E-state index is 0.0797. The lowest BCUT2D eigenvalue weighted by molar-refractivity contribution is -0.121. The first-order chi connectivity index (χ1) is 11.3. The van der Waals surface area contributed by atoms with Crippen molar-refractivity contribution >= 4 is 17.2 Å². The number of carbonyl (C=O) groups excluding carboxylic acids is 1. The lowest BCUT2D eigenvalue weighted by Gasteiger charge is -2.17. The molecule has 0 spiro atoms. The monoisotopic (exact) mass is 321 g/mol. The average Bonchev–Trinajstić information content (AvgIpc) is 3.13. The van der Waals surface area contributed by atoms with Gasteiger partial charge in [-0.15, -0.1) is 11.3 Å². The van der Waals surface area contributed by atoms with Crippen LogP contribution in [0.15, 0.2) is 78.2 Å². The van der Waals surface area contributed by atoms with Crippen molar-refractivity contribution in [1.82, 2.24) is 5.32 Å². The van der Waals surface area contributed by atoms with E-state index in [4.69, 9.17) is 0 Å². The number of benzene rings is 2. The summed E-state index contributed by atoms with van der Waals surface area (Å²) < 4.78 is 0. The largest absolute Gasteiger partial charge is 0.351 e. The smallest absolute Gasteiger partial charge is 0.221 e. The van der Waals surface area contributed by atoms with Gasteiger partial charge in [-0.3, -0.25) is 4.79 Å². The van der Waals surface area contributed by atoms with Crippen molar-refractivity contribution in [3.63, 3.8) is 0 Å². The van der Waals surface area contributed by atoms with Crippen LogP contribution in [0.4, 0.5) is 0 Å². The van der Waals surface area contributed by atoms with E-state index in [9.17, 15) is 4.79 Å². The van der Waals surface area contributed by atoms with Crippen LogP contribution in [0.3, 0.4) is 0 Å². The minimum Gasteiger partial charge on any atom is -0.351 e. The molecule has 0 saturated heterocycles. The number of hydrogen-bond donors (Lipinski definition) is 1. The van der Waals surface area contributed by atoms with Crippen molar-refractivity contribution in [3.8, 4) is 0 Å². The zero-order chi connectivity index (χ0) is 15.9. The van der Waals surface area contributed by atoms with Crippen molar-refractivity contribution < 1.29 is 4.79 Å². The molecule has 1 N–H and O–H groups in total. The van der Waals surface area contributed by atoms with Crippen LogP contribution in [0.2, 0.25) is 0 Å². The van der Waals surface area contributed by atoms with Gasteiger partial charge in [-0.2, -0.15) is 0 Å². The Bertz CT molecular complexity index is 683. The maximum absolute atomic E-state index is 12.4. The molecule has 116 valence electrons. The highest BCUT2D eigenvalue weighted by molar-refractivity contribution is 7.09. The second kappa shape index (κ2) is 7.75. The van der Waals surface area contributed by atoms with Gasteiger partial charge in [-0.1, -0.05) is 66.7 Å². The Hall–Kier alpha value is -2.39. The van der Waals surface area contributed by atoms with Crippen LogP contribution in [0.25, 0.3) is 0 Å². The third kappa shape index (κ3) is 4.30. The standard InChI is InChI=1S/C20H19NOS/c22-20(21-15-18-12-7-13-23-18)14-19(16-8-3-1-4-9-16)17-10-5-2-6-11-17/h1-13,19H,14-15H2,(H,21,22). The molecular weight excluding hydrogens is 302 g/mol. The van der Waals surface area contributed by atoms with E-state index in [0.717, 1.165) is 0 Å². The molecule has 3 aromatic rings. The molecule has 3 rings (SSSR count). The van der Waals surface area contributed by atoms with Crippen LogP contribution in [-0.2, 0) is 11.3 Å². The number of carbonyl (C=O) groups is 1. The highest BCUT2D eigenvalue weighted by Crippen LogP contribution is 2.27. The van der Waals surface area contributed by atoms with Crippen LogP contribution in [0.5, 0.6) is 0 Å². The molecule has 1 heterocycles. The molecule has 0 aliphatic rings. The molecule has 2 aromatic carbocycles. The highest BCUT2D eigenvalue weighted by Gasteiger charge is 2.17. The summed E-state index contributed by atoms with van der Waals surface area (Å²) in [6.45, 7) is 0.604. The molecular formula is C20H19NOS. The van der Waals surface area contributed by atoms with E-state index >= 15 is 0 Å². The van der Waals surface area contributed by atoms with Crippen molar-refractivity contribution in [2.75, 3.05) is 0 Å². The molecule has 0 bridgehead atoms. The Labute approximate surface area is 140 Å². The first-order valence-corrected chi connectivity index (χ1v) is 8.60. The summed E-state index contributed by atoms with van der Waals surface area (Å²) in [6.07, 6.45) is 0.458. The first-order valence-electron chi connectivity index (χ1n) is 7.72. The zero-order valence-electron chi connectivity index (χ0n) is 12.8. The van der Waals surface area contributed by atoms with Crippen molar-refractivity contribution in [3.05, 3.63) is 94.2 Å². The van der Waals surface area contributed by atoms with Crippen LogP contribution in [-0.4, -0.2) is 5.91 Å². The molecule has 3 heteroatoms. The zero-order valence-corrected chi connectivity index (χ0v) is 13.6. The fourth-order valence-corrected chi connectivity index (χ4v) is 3.30. The molecule has 23 heavy (non-hydrogen) atoms. The van der Waals surface area contributed by atoms with E-state index in [1.165, 1.54) is 16.0 Å². The van der Waals surface area contributed by atoms with E-state index < -0.39 is 0 Å². The lowest BCUT2D eigenvalue weighted by atomic mass is 9.88. The van der Waals surface area contributed by atoms with Crippen molar-refractivity contribution in [1.29, 1.82) is 0 Å². The Balaban J connectivity index is 1.72. The quantitative estimate of drug-likeness (QED) is 0.707. The summed E-state index contributed by atoms with van der Waals surface area (Å²) in [5, 5.41) is 5.05. The van der Waals surface area contributed by atoms with Gasteiger partial charge < -0.3 is 5.32 Å². The van der Waals surface area contributed by atoms with E-state index in [-0.39, 0.29) is 11.8 Å². The number of amides is 1. The summed E-state index contributed by atoms with van der Waals surface area (Å²) in [5.74, 6) is 0.164. The SMILES string of the molecule is O=C(CC(c1ccccc1)c1ccccc1)NCc1cccs1. The maximum Gasteiger partial charge on any atom is 0.221 e. The molecule has 0 aliphatic heterocycles. The number of nitrogens with one attached hydrogen (secondary N) is 1. The highest BCUT2D eigenvalue weighted by atomic mass is 32.1. The van der Waals surface area contributed by atoms with Gasteiger partial charge in [0.2, 0.25) is 5.91 Å². The normalized spacial score (nSPS) is 10.7. The summed E-state index contributed by atoms with van der Waals surface area (Å²) in [4.78, 5) is 13.6. The van der Waals surface area contributed by atoms with Gasteiger partial charge >= 0.3 is 0 Å². The van der Waals surface area contributed by atoms with Crippen LogP contribution in [0, 0.1) is 0 Å². The van der Waals surface area contributed by atoms with E-state index in [2.05, 4.69) is 29.6 Å². The molecule has 0 fully saturated rings. The molecule has 0 saturated carbocycles. The van der Waals surface area contributed by atoms with E-state index in [1.807, 2.05) is 53.9 Å². The van der Waals surface area contributed by atoms with Gasteiger partial charge in [0.1, 0.15) is 0 Å². The predicted octanol–water partition coefficient (Wildman–Crippen LogP) is 4.59. The fraction of sp³-hybridized carbons (Fsp3) is 0.150. The molecule has 2 nitrogen and oxygen atoms in total. The predicted molar refractivity (Wildman–Crippen MR) is 95.5 cm³/mol. The van der Waals surface area contributed by atoms with Gasteiger partial charge in [0.05, 0.1) is 6.54 Å². The summed E-state index contributed by atoms with van der Waals surface area (Å²) in [6, 6.07) is 24.5. The second-order valence-electron chi connectivity index (χ2n) is 5.43. The second-order valence-corrected chi connectivity index (χ2v) is 6.47. The molecule has 0 radical (unpaired) electrons. The van der Waals surface area contributed by atoms with E-state index in [1.54, 1.807) is 11.3 Å². The van der Waals surface area contributed by atoms with Crippen LogP contribution < -0.4 is 5.32 Å². The summed E-state index contributed by atoms with van der Waals surface area (Å²) in [7, 11) is 0. The molecule has 1 amide bonds. The summed E-state index contributed by atoms with van der Waals surface area (Å²) in [5.41, 5.74) is 2.34. The van der Waals surface area contributed by atoms with Crippen LogP contribution in [0.1, 0.15) is 28.3 Å². The number of thiophene rings is 1. The maximum atomic E-state index is 12.4. The third-order valence-corrected chi connectivity index (χ3v) is 4.71. The Morgan fingerprint density at radius 3 is 2.00 bits per heavy atom. The number of hydrogen-bond acceptors (Lipinski definition) is 2. The van der Waals surface area contributed by atoms with Crippen molar-refractivity contribution in [2.24, 2.45) is 0 Å². The topological polar surface area (TPSA) is 29.1 Å². The Kier molecular flexibility index (Phi) is 5.22. The molecule has 1 aromatic heterocycles. The third-order valence-electron chi connectivity index (χ3n) is 3.83. The lowest BCUT2D eigenvalue weighted by Crippen LogP contribution is -2.24.